The Morgan fingerprint density at radius 1 is 0.962 bits per heavy atom. The van der Waals surface area contributed by atoms with Crippen LogP contribution in [0.2, 0.25) is 0 Å². The summed E-state index contributed by atoms with van der Waals surface area (Å²) in [4.78, 5) is 8.81. The standard InChI is InChI=1S/C18H13F4N3O/c1-25(15-10-6-5-9-14(15)19)17-23-11-13(18(20,21)22)16(24-17)26-12-7-3-2-4-8-12/h2-11H,1H3. The molecule has 0 N–H and O–H groups in total. The lowest BCUT2D eigenvalue weighted by atomic mass is 10.3. The Morgan fingerprint density at radius 3 is 2.27 bits per heavy atom. The maximum atomic E-state index is 13.9. The molecule has 0 saturated heterocycles. The van der Waals surface area contributed by atoms with E-state index >= 15 is 0 Å². The molecule has 1 aromatic heterocycles. The second-order valence-corrected chi connectivity index (χ2v) is 5.31. The molecule has 0 aliphatic carbocycles. The second kappa shape index (κ2) is 6.99. The molecule has 0 aliphatic rings. The Bertz CT molecular complexity index is 900. The molecular weight excluding hydrogens is 350 g/mol. The maximum Gasteiger partial charge on any atom is 0.423 e. The predicted molar refractivity (Wildman–Crippen MR) is 88.0 cm³/mol. The number of halogens is 4. The van der Waals surface area contributed by atoms with Crippen molar-refractivity contribution in [2.45, 2.75) is 6.18 Å². The third-order valence-corrected chi connectivity index (χ3v) is 3.52. The first kappa shape index (κ1) is 17.7. The summed E-state index contributed by atoms with van der Waals surface area (Å²) >= 11 is 0. The number of aromatic nitrogens is 2. The number of alkyl halides is 3. The van der Waals surface area contributed by atoms with Crippen LogP contribution in [0.4, 0.5) is 29.2 Å². The summed E-state index contributed by atoms with van der Waals surface area (Å²) in [6.07, 6.45) is -4.07. The zero-order valence-corrected chi connectivity index (χ0v) is 13.5. The Morgan fingerprint density at radius 2 is 1.62 bits per heavy atom. The molecule has 1 heterocycles. The van der Waals surface area contributed by atoms with Crippen molar-refractivity contribution in [2.75, 3.05) is 11.9 Å². The van der Waals surface area contributed by atoms with Crippen LogP contribution in [0.1, 0.15) is 5.56 Å². The monoisotopic (exact) mass is 363 g/mol. The molecule has 134 valence electrons. The second-order valence-electron chi connectivity index (χ2n) is 5.31. The lowest BCUT2D eigenvalue weighted by Crippen LogP contribution is -2.17. The van der Waals surface area contributed by atoms with Crippen LogP contribution in [0, 0.1) is 5.82 Å². The topological polar surface area (TPSA) is 38.2 Å². The average Bonchev–Trinajstić information content (AvgIpc) is 2.61. The number of ether oxygens (including phenoxy) is 1. The first-order valence-electron chi connectivity index (χ1n) is 7.51. The van der Waals surface area contributed by atoms with Crippen LogP contribution in [0.5, 0.6) is 11.6 Å². The van der Waals surface area contributed by atoms with Crippen molar-refractivity contribution in [1.82, 2.24) is 9.97 Å². The van der Waals surface area contributed by atoms with Gasteiger partial charge in [0, 0.05) is 13.2 Å². The van der Waals surface area contributed by atoms with Gasteiger partial charge >= 0.3 is 6.18 Å². The minimum absolute atomic E-state index is 0.123. The van der Waals surface area contributed by atoms with Crippen LogP contribution < -0.4 is 9.64 Å². The van der Waals surface area contributed by atoms with E-state index < -0.39 is 23.4 Å². The van der Waals surface area contributed by atoms with E-state index in [9.17, 15) is 17.6 Å². The van der Waals surface area contributed by atoms with E-state index in [4.69, 9.17) is 4.74 Å². The highest BCUT2D eigenvalue weighted by Gasteiger charge is 2.36. The Balaban J connectivity index is 2.03. The molecular formula is C18H13F4N3O. The number of benzene rings is 2. The van der Waals surface area contributed by atoms with Crippen LogP contribution >= 0.6 is 0 Å². The van der Waals surface area contributed by atoms with Crippen LogP contribution in [0.15, 0.2) is 60.8 Å². The van der Waals surface area contributed by atoms with Crippen molar-refractivity contribution < 1.29 is 22.3 Å². The zero-order chi connectivity index (χ0) is 18.7. The Hall–Kier alpha value is -3.16. The average molecular weight is 363 g/mol. The fraction of sp³-hybridized carbons (Fsp3) is 0.111. The molecule has 3 rings (SSSR count). The number of hydrogen-bond donors (Lipinski definition) is 0. The number of anilines is 2. The van der Waals surface area contributed by atoms with Crippen molar-refractivity contribution >= 4 is 11.6 Å². The lowest BCUT2D eigenvalue weighted by molar-refractivity contribution is -0.139. The highest BCUT2D eigenvalue weighted by molar-refractivity contribution is 5.57. The summed E-state index contributed by atoms with van der Waals surface area (Å²) < 4.78 is 58.9. The SMILES string of the molecule is CN(c1ncc(C(F)(F)F)c(Oc2ccccc2)n1)c1ccccc1F. The number of nitrogens with zero attached hydrogens (tertiary/aromatic N) is 3. The van der Waals surface area contributed by atoms with E-state index in [0.717, 1.165) is 0 Å². The fourth-order valence-electron chi connectivity index (χ4n) is 2.22. The summed E-state index contributed by atoms with van der Waals surface area (Å²) in [5, 5.41) is 0. The van der Waals surface area contributed by atoms with Gasteiger partial charge in [-0.1, -0.05) is 30.3 Å². The number of rotatable bonds is 4. The zero-order valence-electron chi connectivity index (χ0n) is 13.5. The van der Waals surface area contributed by atoms with Gasteiger partial charge in [-0.3, -0.25) is 0 Å². The smallest absolute Gasteiger partial charge is 0.423 e. The van der Waals surface area contributed by atoms with E-state index in [1.54, 1.807) is 24.3 Å². The highest BCUT2D eigenvalue weighted by Crippen LogP contribution is 2.37. The third kappa shape index (κ3) is 3.74. The van der Waals surface area contributed by atoms with E-state index in [-0.39, 0.29) is 17.4 Å². The molecule has 3 aromatic rings. The van der Waals surface area contributed by atoms with Crippen molar-refractivity contribution in [2.24, 2.45) is 0 Å². The number of hydrogen-bond acceptors (Lipinski definition) is 4. The van der Waals surface area contributed by atoms with Crippen LogP contribution in [-0.2, 0) is 6.18 Å². The summed E-state index contributed by atoms with van der Waals surface area (Å²) in [6, 6.07) is 13.8. The largest absolute Gasteiger partial charge is 0.438 e. The summed E-state index contributed by atoms with van der Waals surface area (Å²) in [7, 11) is 1.45. The van der Waals surface area contributed by atoms with E-state index in [0.29, 0.717) is 6.20 Å². The quantitative estimate of drug-likeness (QED) is 0.598. The molecule has 0 saturated carbocycles. The van der Waals surface area contributed by atoms with Gasteiger partial charge in [-0.2, -0.15) is 18.2 Å². The van der Waals surface area contributed by atoms with Crippen molar-refractivity contribution in [3.05, 3.63) is 72.2 Å². The molecule has 0 unspecified atom stereocenters. The van der Waals surface area contributed by atoms with Crippen LogP contribution in [-0.4, -0.2) is 17.0 Å². The summed E-state index contributed by atoms with van der Waals surface area (Å²) in [5.74, 6) is -1.15. The normalized spacial score (nSPS) is 11.3. The van der Waals surface area contributed by atoms with E-state index in [1.807, 2.05) is 0 Å². The number of para-hydroxylation sites is 2. The van der Waals surface area contributed by atoms with Crippen molar-refractivity contribution in [3.8, 4) is 11.6 Å². The molecule has 2 aromatic carbocycles. The third-order valence-electron chi connectivity index (χ3n) is 3.52. The van der Waals surface area contributed by atoms with Crippen LogP contribution in [0.3, 0.4) is 0 Å². The van der Waals surface area contributed by atoms with Gasteiger partial charge in [0.15, 0.2) is 0 Å². The molecule has 0 atom stereocenters. The lowest BCUT2D eigenvalue weighted by Gasteiger charge is -2.20. The first-order chi connectivity index (χ1) is 12.4. The molecule has 26 heavy (non-hydrogen) atoms. The molecule has 0 radical (unpaired) electrons. The van der Waals surface area contributed by atoms with Gasteiger partial charge in [-0.25, -0.2) is 9.37 Å². The first-order valence-corrected chi connectivity index (χ1v) is 7.51. The minimum Gasteiger partial charge on any atom is -0.438 e. The molecule has 0 spiro atoms. The molecule has 0 aliphatic heterocycles. The van der Waals surface area contributed by atoms with Gasteiger partial charge < -0.3 is 9.64 Å². The van der Waals surface area contributed by atoms with Gasteiger partial charge in [0.2, 0.25) is 11.8 Å². The van der Waals surface area contributed by atoms with Gasteiger partial charge in [-0.05, 0) is 24.3 Å². The Kier molecular flexibility index (Phi) is 4.75. The fourth-order valence-corrected chi connectivity index (χ4v) is 2.22. The van der Waals surface area contributed by atoms with Crippen LogP contribution in [0.25, 0.3) is 0 Å². The van der Waals surface area contributed by atoms with Gasteiger partial charge in [0.25, 0.3) is 0 Å². The molecule has 4 nitrogen and oxygen atoms in total. The van der Waals surface area contributed by atoms with Gasteiger partial charge in [0.05, 0.1) is 5.69 Å². The highest BCUT2D eigenvalue weighted by atomic mass is 19.4. The van der Waals surface area contributed by atoms with Gasteiger partial charge in [0.1, 0.15) is 17.1 Å². The predicted octanol–water partition coefficient (Wildman–Crippen LogP) is 5.19. The van der Waals surface area contributed by atoms with E-state index in [2.05, 4.69) is 9.97 Å². The Labute approximate surface area is 146 Å². The maximum absolute atomic E-state index is 13.9. The molecule has 0 amide bonds. The molecule has 0 bridgehead atoms. The van der Waals surface area contributed by atoms with Gasteiger partial charge in [-0.15, -0.1) is 0 Å². The summed E-state index contributed by atoms with van der Waals surface area (Å²) in [5.41, 5.74) is -0.995. The molecule has 0 fully saturated rings. The van der Waals surface area contributed by atoms with E-state index in [1.165, 1.54) is 42.3 Å². The van der Waals surface area contributed by atoms with Crippen molar-refractivity contribution in [3.63, 3.8) is 0 Å². The molecule has 8 heteroatoms. The van der Waals surface area contributed by atoms with Crippen molar-refractivity contribution in [1.29, 1.82) is 0 Å². The summed E-state index contributed by atoms with van der Waals surface area (Å²) in [6.45, 7) is 0. The minimum atomic E-state index is -4.70.